The van der Waals surface area contributed by atoms with Crippen LogP contribution in [0.1, 0.15) is 79.0 Å². The summed E-state index contributed by atoms with van der Waals surface area (Å²) in [5, 5.41) is 7.37. The fraction of sp³-hybridized carbons (Fsp3) is 0.667. The number of nitrogens with one attached hydrogen (secondary N) is 1. The van der Waals surface area contributed by atoms with Gasteiger partial charge in [0.2, 0.25) is 5.91 Å². The number of imidazole rings is 1. The van der Waals surface area contributed by atoms with Gasteiger partial charge in [0.25, 0.3) is 0 Å². The first kappa shape index (κ1) is 26.8. The van der Waals surface area contributed by atoms with Gasteiger partial charge in [0.1, 0.15) is 11.7 Å². The van der Waals surface area contributed by atoms with Crippen molar-refractivity contribution < 1.29 is 13.7 Å². The summed E-state index contributed by atoms with van der Waals surface area (Å²) in [4.78, 5) is 17.9. The number of carbonyl (C=O) groups is 1. The first-order valence-electron chi connectivity index (χ1n) is 13.5. The first-order chi connectivity index (χ1) is 17.3. The normalized spacial score (nSPS) is 19.9. The summed E-state index contributed by atoms with van der Waals surface area (Å²) < 4.78 is 22.8. The molecule has 1 saturated heterocycles. The highest BCUT2D eigenvalue weighted by Gasteiger charge is 2.29. The monoisotopic (exact) mass is 515 g/mol. The van der Waals surface area contributed by atoms with E-state index in [2.05, 4.69) is 35.8 Å². The van der Waals surface area contributed by atoms with Crippen LogP contribution in [0.15, 0.2) is 28.2 Å². The third-order valence-electron chi connectivity index (χ3n) is 7.08. The number of hydrogen-bond donors (Lipinski definition) is 1. The average Bonchev–Trinajstić information content (AvgIpc) is 3.44. The lowest BCUT2D eigenvalue weighted by atomic mass is 9.85. The Balaban J connectivity index is 0.00000148. The highest BCUT2D eigenvalue weighted by Crippen LogP contribution is 2.31. The van der Waals surface area contributed by atoms with Crippen LogP contribution in [0.4, 0.5) is 0 Å². The Labute approximate surface area is 217 Å². The van der Waals surface area contributed by atoms with Crippen molar-refractivity contribution in [2.24, 2.45) is 16.9 Å². The van der Waals surface area contributed by atoms with E-state index in [4.69, 9.17) is 9.72 Å². The number of fused-ring (bicyclic) bond motifs is 1. The van der Waals surface area contributed by atoms with Crippen LogP contribution in [0.3, 0.4) is 0 Å². The SMILES string of the molecule is CC.CC(C)(C)c1nc2cc(S(=O)N3CCC(NC(=O)C4CCC4)=N3)ccc2n1CC1CCOCC1. The summed E-state index contributed by atoms with van der Waals surface area (Å²) in [7, 11) is -1.44. The van der Waals surface area contributed by atoms with Gasteiger partial charge in [-0.25, -0.2) is 13.6 Å². The maximum atomic E-state index is 13.3. The maximum absolute atomic E-state index is 13.3. The van der Waals surface area contributed by atoms with E-state index < -0.39 is 11.0 Å². The smallest absolute Gasteiger partial charge is 0.228 e. The Morgan fingerprint density at radius 3 is 2.53 bits per heavy atom. The number of nitrogens with zero attached hydrogens (tertiary/aromatic N) is 4. The van der Waals surface area contributed by atoms with E-state index in [9.17, 15) is 9.00 Å². The van der Waals surface area contributed by atoms with Gasteiger partial charge in [-0.15, -0.1) is 0 Å². The first-order valence-corrected chi connectivity index (χ1v) is 14.6. The zero-order valence-corrected chi connectivity index (χ0v) is 23.2. The highest BCUT2D eigenvalue weighted by molar-refractivity contribution is 7.82. The Hall–Kier alpha value is -2.26. The van der Waals surface area contributed by atoms with Gasteiger partial charge in [-0.2, -0.15) is 5.10 Å². The lowest BCUT2D eigenvalue weighted by molar-refractivity contribution is -0.125. The summed E-state index contributed by atoms with van der Waals surface area (Å²) in [5.74, 6) is 2.40. The molecule has 8 nitrogen and oxygen atoms in total. The third-order valence-corrected chi connectivity index (χ3v) is 8.39. The largest absolute Gasteiger partial charge is 0.381 e. The number of hydrazone groups is 1. The Morgan fingerprint density at radius 2 is 1.89 bits per heavy atom. The summed E-state index contributed by atoms with van der Waals surface area (Å²) in [6.07, 6.45) is 5.75. The van der Waals surface area contributed by atoms with Crippen molar-refractivity contribution in [2.45, 2.75) is 90.0 Å². The van der Waals surface area contributed by atoms with Crippen LogP contribution < -0.4 is 5.32 Å². The van der Waals surface area contributed by atoms with E-state index in [-0.39, 0.29) is 17.2 Å². The number of benzene rings is 1. The molecular weight excluding hydrogens is 474 g/mol. The fourth-order valence-electron chi connectivity index (χ4n) is 4.84. The van der Waals surface area contributed by atoms with Gasteiger partial charge in [-0.1, -0.05) is 41.0 Å². The molecule has 2 aliphatic heterocycles. The number of amides is 1. The second kappa shape index (κ2) is 11.4. The number of ether oxygens (including phenoxy) is 1. The predicted molar refractivity (Wildman–Crippen MR) is 144 cm³/mol. The van der Waals surface area contributed by atoms with E-state index >= 15 is 0 Å². The summed E-state index contributed by atoms with van der Waals surface area (Å²) in [6, 6.07) is 5.90. The van der Waals surface area contributed by atoms with Gasteiger partial charge in [-0.05, 0) is 49.8 Å². The molecule has 1 N–H and O–H groups in total. The fourth-order valence-corrected chi connectivity index (χ4v) is 5.91. The molecule has 3 heterocycles. The molecule has 1 saturated carbocycles. The lowest BCUT2D eigenvalue weighted by Crippen LogP contribution is -2.37. The van der Waals surface area contributed by atoms with E-state index in [0.717, 1.165) is 68.7 Å². The van der Waals surface area contributed by atoms with Gasteiger partial charge in [-0.3, -0.25) is 4.79 Å². The third kappa shape index (κ3) is 5.83. The van der Waals surface area contributed by atoms with Crippen molar-refractivity contribution >= 4 is 33.8 Å². The van der Waals surface area contributed by atoms with Crippen molar-refractivity contribution in [3.05, 3.63) is 24.0 Å². The van der Waals surface area contributed by atoms with Gasteiger partial charge in [0, 0.05) is 37.5 Å². The number of aromatic nitrogens is 2. The summed E-state index contributed by atoms with van der Waals surface area (Å²) in [6.45, 7) is 13.7. The predicted octanol–water partition coefficient (Wildman–Crippen LogP) is 4.74. The van der Waals surface area contributed by atoms with Crippen LogP contribution in [0, 0.1) is 11.8 Å². The van der Waals surface area contributed by atoms with E-state index in [1.807, 2.05) is 32.0 Å². The van der Waals surface area contributed by atoms with E-state index in [0.29, 0.717) is 29.6 Å². The molecule has 9 heteroatoms. The molecule has 198 valence electrons. The number of hydrogen-bond acceptors (Lipinski definition) is 5. The molecule has 0 bridgehead atoms. The van der Waals surface area contributed by atoms with Crippen LogP contribution in [-0.4, -0.2) is 49.7 Å². The Kier molecular flexibility index (Phi) is 8.50. The van der Waals surface area contributed by atoms with Crippen LogP contribution in [0.25, 0.3) is 11.0 Å². The Morgan fingerprint density at radius 1 is 1.17 bits per heavy atom. The molecule has 36 heavy (non-hydrogen) atoms. The van der Waals surface area contributed by atoms with Crippen LogP contribution in [0.2, 0.25) is 0 Å². The molecule has 1 unspecified atom stereocenters. The maximum Gasteiger partial charge on any atom is 0.228 e. The van der Waals surface area contributed by atoms with Gasteiger partial charge >= 0.3 is 0 Å². The van der Waals surface area contributed by atoms with Crippen molar-refractivity contribution in [3.63, 3.8) is 0 Å². The molecular formula is C27H41N5O3S. The molecule has 5 rings (SSSR count). The zero-order chi connectivity index (χ0) is 25.9. The molecule has 1 atom stereocenters. The molecule has 3 aliphatic rings. The van der Waals surface area contributed by atoms with Crippen LogP contribution in [0.5, 0.6) is 0 Å². The number of amidine groups is 1. The summed E-state index contributed by atoms with van der Waals surface area (Å²) >= 11 is 0. The van der Waals surface area contributed by atoms with Crippen molar-refractivity contribution in [2.75, 3.05) is 19.8 Å². The number of rotatable bonds is 5. The topological polar surface area (TPSA) is 88.8 Å². The quantitative estimate of drug-likeness (QED) is 0.623. The minimum Gasteiger partial charge on any atom is -0.381 e. The lowest BCUT2D eigenvalue weighted by Gasteiger charge is -2.26. The zero-order valence-electron chi connectivity index (χ0n) is 22.4. The number of carbonyl (C=O) groups excluding carboxylic acids is 1. The van der Waals surface area contributed by atoms with E-state index in [1.54, 1.807) is 4.41 Å². The molecule has 1 aromatic heterocycles. The molecule has 1 aromatic carbocycles. The molecule has 2 aromatic rings. The molecule has 0 radical (unpaired) electrons. The summed E-state index contributed by atoms with van der Waals surface area (Å²) in [5.41, 5.74) is 1.84. The molecule has 0 spiro atoms. The van der Waals surface area contributed by atoms with Gasteiger partial charge in [0.15, 0.2) is 11.0 Å². The molecule has 2 fully saturated rings. The standard InChI is InChI=1S/C25H35N5O3S.C2H6/c1-25(2,3)24-26-20-15-19(7-8-21(20)29(24)16-17-10-13-33-14-11-17)34(32)30-12-9-22(28-30)27-23(31)18-5-4-6-18;1-2/h7-8,15,17-18H,4-6,9-14,16H2,1-3H3,(H,27,28,31);1-2H3. The van der Waals surface area contributed by atoms with Crippen LogP contribution in [-0.2, 0) is 32.5 Å². The average molecular weight is 516 g/mol. The van der Waals surface area contributed by atoms with Crippen molar-refractivity contribution in [3.8, 4) is 0 Å². The minimum absolute atomic E-state index is 0.0452. The molecule has 1 amide bonds. The van der Waals surface area contributed by atoms with Gasteiger partial charge in [0.05, 0.1) is 22.5 Å². The van der Waals surface area contributed by atoms with E-state index in [1.165, 1.54) is 0 Å². The second-order valence-electron chi connectivity index (χ2n) is 10.7. The van der Waals surface area contributed by atoms with Crippen molar-refractivity contribution in [1.82, 2.24) is 19.3 Å². The Bertz CT molecular complexity index is 1130. The van der Waals surface area contributed by atoms with Gasteiger partial charge < -0.3 is 14.6 Å². The highest BCUT2D eigenvalue weighted by atomic mass is 32.2. The second-order valence-corrected chi connectivity index (χ2v) is 12.1. The van der Waals surface area contributed by atoms with Crippen LogP contribution >= 0.6 is 0 Å². The minimum atomic E-state index is -1.44. The van der Waals surface area contributed by atoms with Crippen molar-refractivity contribution in [1.29, 1.82) is 0 Å². The molecule has 1 aliphatic carbocycles.